The minimum absolute atomic E-state index is 0.0721. The number of alkyl halides is 3. The van der Waals surface area contributed by atoms with E-state index in [-0.39, 0.29) is 23.3 Å². The van der Waals surface area contributed by atoms with Crippen molar-refractivity contribution < 1.29 is 27.1 Å². The minimum atomic E-state index is -4.76. The van der Waals surface area contributed by atoms with Gasteiger partial charge in [0.15, 0.2) is 0 Å². The number of furan rings is 1. The molecule has 1 aromatic carbocycles. The van der Waals surface area contributed by atoms with Gasteiger partial charge in [-0.3, -0.25) is 9.69 Å². The Hall–Kier alpha value is -2.48. The highest BCUT2D eigenvalue weighted by Crippen LogP contribution is 2.25. The van der Waals surface area contributed by atoms with Crippen molar-refractivity contribution >= 4 is 5.91 Å². The summed E-state index contributed by atoms with van der Waals surface area (Å²) in [7, 11) is 0. The zero-order valence-corrected chi connectivity index (χ0v) is 14.7. The van der Waals surface area contributed by atoms with Crippen molar-refractivity contribution in [3.8, 4) is 5.75 Å². The summed E-state index contributed by atoms with van der Waals surface area (Å²) in [4.78, 5) is 14.7. The molecule has 146 valence electrons. The molecule has 0 aliphatic carbocycles. The van der Waals surface area contributed by atoms with Crippen LogP contribution in [-0.2, 0) is 0 Å². The molecule has 0 bridgehead atoms. The molecular formula is C19H21F3N2O3. The summed E-state index contributed by atoms with van der Waals surface area (Å²) in [6, 6.07) is 8.48. The molecule has 3 rings (SSSR count). The van der Waals surface area contributed by atoms with E-state index in [1.54, 1.807) is 6.26 Å². The van der Waals surface area contributed by atoms with Crippen LogP contribution in [0.3, 0.4) is 0 Å². The number of hydrogen-bond acceptors (Lipinski definition) is 4. The molecule has 1 saturated heterocycles. The van der Waals surface area contributed by atoms with Gasteiger partial charge in [-0.1, -0.05) is 6.42 Å². The van der Waals surface area contributed by atoms with Crippen molar-refractivity contribution in [1.29, 1.82) is 0 Å². The number of likely N-dealkylation sites (tertiary alicyclic amines) is 1. The predicted octanol–water partition coefficient (Wildman–Crippen LogP) is 4.14. The van der Waals surface area contributed by atoms with Gasteiger partial charge in [0, 0.05) is 12.1 Å². The number of hydrogen-bond donors (Lipinski definition) is 1. The normalized spacial score (nSPS) is 16.7. The maximum Gasteiger partial charge on any atom is 0.573 e. The summed E-state index contributed by atoms with van der Waals surface area (Å²) in [5.41, 5.74) is 0.265. The van der Waals surface area contributed by atoms with Gasteiger partial charge in [0.1, 0.15) is 11.5 Å². The van der Waals surface area contributed by atoms with E-state index in [2.05, 4.69) is 15.0 Å². The number of nitrogens with one attached hydrogen (secondary N) is 1. The molecular weight excluding hydrogens is 361 g/mol. The fourth-order valence-electron chi connectivity index (χ4n) is 3.22. The van der Waals surface area contributed by atoms with Crippen LogP contribution in [0.2, 0.25) is 0 Å². The highest BCUT2D eigenvalue weighted by atomic mass is 19.4. The van der Waals surface area contributed by atoms with Crippen LogP contribution in [0.4, 0.5) is 13.2 Å². The van der Waals surface area contributed by atoms with Crippen molar-refractivity contribution in [3.05, 3.63) is 54.0 Å². The van der Waals surface area contributed by atoms with E-state index in [1.807, 2.05) is 12.1 Å². The average Bonchev–Trinajstić information content (AvgIpc) is 3.16. The molecule has 1 aliphatic rings. The van der Waals surface area contributed by atoms with Crippen LogP contribution >= 0.6 is 0 Å². The molecule has 0 unspecified atom stereocenters. The standard InChI is InChI=1S/C19H21F3N2O3/c20-19(21,22)27-15-8-6-14(7-9-15)18(25)23-13-16(17-5-4-12-26-17)24-10-2-1-3-11-24/h4-9,12,16H,1-3,10-11,13H2,(H,23,25)/t16-/m1/s1. The smallest absolute Gasteiger partial charge is 0.468 e. The van der Waals surface area contributed by atoms with E-state index in [0.29, 0.717) is 6.54 Å². The Morgan fingerprint density at radius 3 is 2.44 bits per heavy atom. The second-order valence-corrected chi connectivity index (χ2v) is 6.41. The number of rotatable bonds is 6. The highest BCUT2D eigenvalue weighted by molar-refractivity contribution is 5.94. The van der Waals surface area contributed by atoms with E-state index in [4.69, 9.17) is 4.42 Å². The first-order chi connectivity index (χ1) is 12.9. The molecule has 5 nitrogen and oxygen atoms in total. The lowest BCUT2D eigenvalue weighted by Crippen LogP contribution is -2.40. The molecule has 0 saturated carbocycles. The first kappa shape index (κ1) is 19.3. The molecule has 1 N–H and O–H groups in total. The minimum Gasteiger partial charge on any atom is -0.468 e. The molecule has 1 aromatic heterocycles. The molecule has 1 atom stereocenters. The van der Waals surface area contributed by atoms with Crippen molar-refractivity contribution in [2.24, 2.45) is 0 Å². The van der Waals surface area contributed by atoms with Crippen LogP contribution in [0.5, 0.6) is 5.75 Å². The molecule has 0 radical (unpaired) electrons. The van der Waals surface area contributed by atoms with Crippen molar-refractivity contribution in [2.45, 2.75) is 31.7 Å². The lowest BCUT2D eigenvalue weighted by atomic mass is 10.1. The summed E-state index contributed by atoms with van der Waals surface area (Å²) in [6.07, 6.45) is 0.250. The molecule has 27 heavy (non-hydrogen) atoms. The van der Waals surface area contributed by atoms with Gasteiger partial charge in [0.2, 0.25) is 0 Å². The lowest BCUT2D eigenvalue weighted by Gasteiger charge is -2.33. The van der Waals surface area contributed by atoms with Gasteiger partial charge in [0.25, 0.3) is 5.91 Å². The number of halogens is 3. The maximum absolute atomic E-state index is 12.4. The predicted molar refractivity (Wildman–Crippen MR) is 92.3 cm³/mol. The number of piperidine rings is 1. The van der Waals surface area contributed by atoms with Gasteiger partial charge < -0.3 is 14.5 Å². The highest BCUT2D eigenvalue weighted by Gasteiger charge is 2.31. The largest absolute Gasteiger partial charge is 0.573 e. The summed E-state index contributed by atoms with van der Waals surface area (Å²) in [6.45, 7) is 2.22. The van der Waals surface area contributed by atoms with E-state index in [1.165, 1.54) is 18.6 Å². The Bertz CT molecular complexity index is 724. The van der Waals surface area contributed by atoms with E-state index in [9.17, 15) is 18.0 Å². The second kappa shape index (κ2) is 8.47. The Labute approximate surface area is 155 Å². The summed E-state index contributed by atoms with van der Waals surface area (Å²) in [5.74, 6) is 0.0640. The first-order valence-electron chi connectivity index (χ1n) is 8.84. The molecule has 1 fully saturated rings. The van der Waals surface area contributed by atoms with Gasteiger partial charge in [-0.2, -0.15) is 0 Å². The van der Waals surface area contributed by atoms with Crippen molar-refractivity contribution in [3.63, 3.8) is 0 Å². The lowest BCUT2D eigenvalue weighted by molar-refractivity contribution is -0.274. The summed E-state index contributed by atoms with van der Waals surface area (Å²) < 4.78 is 46.0. The van der Waals surface area contributed by atoms with Crippen LogP contribution < -0.4 is 10.1 Å². The molecule has 0 spiro atoms. The summed E-state index contributed by atoms with van der Waals surface area (Å²) in [5, 5.41) is 2.85. The monoisotopic (exact) mass is 382 g/mol. The zero-order chi connectivity index (χ0) is 19.3. The zero-order valence-electron chi connectivity index (χ0n) is 14.7. The number of carbonyl (C=O) groups is 1. The number of amides is 1. The van der Waals surface area contributed by atoms with Gasteiger partial charge in [-0.15, -0.1) is 13.2 Å². The van der Waals surface area contributed by atoms with Gasteiger partial charge in [-0.25, -0.2) is 0 Å². The quantitative estimate of drug-likeness (QED) is 0.816. The van der Waals surface area contributed by atoms with Crippen LogP contribution in [0, 0.1) is 0 Å². The van der Waals surface area contributed by atoms with Crippen LogP contribution in [0.1, 0.15) is 41.4 Å². The van der Waals surface area contributed by atoms with Gasteiger partial charge in [0.05, 0.1) is 12.3 Å². The number of nitrogens with zero attached hydrogens (tertiary/aromatic N) is 1. The first-order valence-corrected chi connectivity index (χ1v) is 8.84. The number of carbonyl (C=O) groups excluding carboxylic acids is 1. The number of benzene rings is 1. The second-order valence-electron chi connectivity index (χ2n) is 6.41. The topological polar surface area (TPSA) is 54.7 Å². The maximum atomic E-state index is 12.4. The van der Waals surface area contributed by atoms with E-state index >= 15 is 0 Å². The molecule has 2 aromatic rings. The fraction of sp³-hybridized carbons (Fsp3) is 0.421. The molecule has 1 amide bonds. The molecule has 1 aliphatic heterocycles. The third-order valence-corrected chi connectivity index (χ3v) is 4.51. The fourth-order valence-corrected chi connectivity index (χ4v) is 3.22. The van der Waals surface area contributed by atoms with Gasteiger partial charge in [-0.05, 0) is 62.3 Å². The van der Waals surface area contributed by atoms with E-state index in [0.717, 1.165) is 43.8 Å². The third-order valence-electron chi connectivity index (χ3n) is 4.51. The van der Waals surface area contributed by atoms with Crippen molar-refractivity contribution in [1.82, 2.24) is 10.2 Å². The van der Waals surface area contributed by atoms with Crippen LogP contribution in [0.25, 0.3) is 0 Å². The third kappa shape index (κ3) is 5.50. The molecule has 2 heterocycles. The average molecular weight is 382 g/mol. The van der Waals surface area contributed by atoms with Crippen LogP contribution in [-0.4, -0.2) is 36.8 Å². The van der Waals surface area contributed by atoms with E-state index < -0.39 is 6.36 Å². The SMILES string of the molecule is O=C(NC[C@H](c1ccco1)N1CCCCC1)c1ccc(OC(F)(F)F)cc1. The number of ether oxygens (including phenoxy) is 1. The Morgan fingerprint density at radius 1 is 1.15 bits per heavy atom. The summed E-state index contributed by atoms with van der Waals surface area (Å²) >= 11 is 0. The van der Waals surface area contributed by atoms with Crippen LogP contribution in [0.15, 0.2) is 47.1 Å². The Kier molecular flexibility index (Phi) is 6.05. The Balaban J connectivity index is 1.62. The molecule has 8 heteroatoms. The van der Waals surface area contributed by atoms with Gasteiger partial charge >= 0.3 is 6.36 Å². The Morgan fingerprint density at radius 2 is 1.85 bits per heavy atom. The van der Waals surface area contributed by atoms with Crippen molar-refractivity contribution in [2.75, 3.05) is 19.6 Å².